The second-order valence-corrected chi connectivity index (χ2v) is 8.53. The molecule has 1 amide bonds. The van der Waals surface area contributed by atoms with Crippen molar-refractivity contribution in [3.8, 4) is 5.75 Å². The first-order chi connectivity index (χ1) is 16.4. The first kappa shape index (κ1) is 23.1. The molecule has 1 aromatic heterocycles. The molecule has 0 atom stereocenters. The molecule has 0 fully saturated rings. The highest BCUT2D eigenvalue weighted by Crippen LogP contribution is 2.22. The van der Waals surface area contributed by atoms with Gasteiger partial charge in [-0.15, -0.1) is 0 Å². The number of benzene rings is 3. The number of nitrogens with one attached hydrogen (secondary N) is 2. The van der Waals surface area contributed by atoms with Crippen molar-refractivity contribution < 1.29 is 9.53 Å². The van der Waals surface area contributed by atoms with Gasteiger partial charge in [-0.25, -0.2) is 0 Å². The molecule has 6 heteroatoms. The SMILES string of the molecule is COc1ccc2cc(CNc3ccccc3)c(=O)n(CC(=O)Nc3ccc(C(C)C)cc3)c2c1. The van der Waals surface area contributed by atoms with Crippen molar-refractivity contribution in [3.63, 3.8) is 0 Å². The molecule has 0 aliphatic carbocycles. The molecule has 6 nitrogen and oxygen atoms in total. The fourth-order valence-electron chi connectivity index (χ4n) is 3.87. The minimum Gasteiger partial charge on any atom is -0.497 e. The summed E-state index contributed by atoms with van der Waals surface area (Å²) in [5.41, 5.74) is 3.84. The molecule has 0 radical (unpaired) electrons. The minimum absolute atomic E-state index is 0.104. The van der Waals surface area contributed by atoms with Gasteiger partial charge in [0.15, 0.2) is 0 Å². The zero-order valence-corrected chi connectivity index (χ0v) is 19.7. The van der Waals surface area contributed by atoms with Gasteiger partial charge in [0.25, 0.3) is 5.56 Å². The molecule has 0 saturated heterocycles. The van der Waals surface area contributed by atoms with Crippen LogP contribution in [0.15, 0.2) is 83.7 Å². The molecule has 1 heterocycles. The van der Waals surface area contributed by atoms with E-state index in [0.29, 0.717) is 35.0 Å². The normalized spacial score (nSPS) is 10.9. The van der Waals surface area contributed by atoms with Gasteiger partial charge in [0.05, 0.1) is 12.6 Å². The van der Waals surface area contributed by atoms with Gasteiger partial charge < -0.3 is 15.4 Å². The van der Waals surface area contributed by atoms with Crippen LogP contribution in [-0.2, 0) is 17.9 Å². The molecule has 0 spiro atoms. The number of methoxy groups -OCH3 is 1. The summed E-state index contributed by atoms with van der Waals surface area (Å²) >= 11 is 0. The summed E-state index contributed by atoms with van der Waals surface area (Å²) in [6, 6.07) is 24.9. The van der Waals surface area contributed by atoms with E-state index in [-0.39, 0.29) is 18.0 Å². The number of aromatic nitrogens is 1. The van der Waals surface area contributed by atoms with Gasteiger partial charge in [0, 0.05) is 29.5 Å². The lowest BCUT2D eigenvalue weighted by molar-refractivity contribution is -0.116. The smallest absolute Gasteiger partial charge is 0.256 e. The van der Waals surface area contributed by atoms with E-state index in [9.17, 15) is 9.59 Å². The average molecular weight is 456 g/mol. The average Bonchev–Trinajstić information content (AvgIpc) is 2.85. The van der Waals surface area contributed by atoms with Crippen molar-refractivity contribution in [1.29, 1.82) is 0 Å². The van der Waals surface area contributed by atoms with E-state index in [2.05, 4.69) is 24.5 Å². The molecule has 0 aliphatic heterocycles. The molecule has 34 heavy (non-hydrogen) atoms. The Morgan fingerprint density at radius 3 is 2.35 bits per heavy atom. The Balaban J connectivity index is 1.63. The number of hydrogen-bond acceptors (Lipinski definition) is 4. The van der Waals surface area contributed by atoms with Crippen LogP contribution in [0.4, 0.5) is 11.4 Å². The van der Waals surface area contributed by atoms with Gasteiger partial charge in [-0.05, 0) is 59.3 Å². The van der Waals surface area contributed by atoms with Gasteiger partial charge >= 0.3 is 0 Å². The second-order valence-electron chi connectivity index (χ2n) is 8.53. The molecule has 0 unspecified atom stereocenters. The monoisotopic (exact) mass is 455 g/mol. The lowest BCUT2D eigenvalue weighted by Gasteiger charge is -2.15. The minimum atomic E-state index is -0.267. The van der Waals surface area contributed by atoms with Crippen LogP contribution in [0.1, 0.15) is 30.9 Å². The first-order valence-corrected chi connectivity index (χ1v) is 11.3. The third kappa shape index (κ3) is 5.29. The number of nitrogens with zero attached hydrogens (tertiary/aromatic N) is 1. The Hall–Kier alpha value is -4.06. The Morgan fingerprint density at radius 2 is 1.68 bits per heavy atom. The van der Waals surface area contributed by atoms with Gasteiger partial charge in [0.2, 0.25) is 5.91 Å². The fraction of sp³-hybridized carbons (Fsp3) is 0.214. The summed E-state index contributed by atoms with van der Waals surface area (Å²) in [7, 11) is 1.58. The summed E-state index contributed by atoms with van der Waals surface area (Å²) in [4.78, 5) is 26.3. The van der Waals surface area contributed by atoms with Crippen LogP contribution >= 0.6 is 0 Å². The van der Waals surface area contributed by atoms with E-state index in [1.807, 2.05) is 72.8 Å². The van der Waals surface area contributed by atoms with Crippen molar-refractivity contribution in [2.45, 2.75) is 32.9 Å². The third-order valence-corrected chi connectivity index (χ3v) is 5.80. The molecule has 4 aromatic rings. The van der Waals surface area contributed by atoms with Crippen LogP contribution in [0.2, 0.25) is 0 Å². The van der Waals surface area contributed by atoms with Crippen LogP contribution in [0.25, 0.3) is 10.9 Å². The Labute approximate surface area is 199 Å². The number of para-hydroxylation sites is 1. The zero-order valence-electron chi connectivity index (χ0n) is 19.7. The molecule has 174 valence electrons. The molecule has 4 rings (SSSR count). The second kappa shape index (κ2) is 10.3. The van der Waals surface area contributed by atoms with Crippen LogP contribution in [0, 0.1) is 0 Å². The van der Waals surface area contributed by atoms with Crippen molar-refractivity contribution in [2.75, 3.05) is 17.7 Å². The van der Waals surface area contributed by atoms with Crippen LogP contribution in [0.3, 0.4) is 0 Å². The largest absolute Gasteiger partial charge is 0.497 e. The van der Waals surface area contributed by atoms with Crippen molar-refractivity contribution >= 4 is 28.2 Å². The van der Waals surface area contributed by atoms with Crippen LogP contribution < -0.4 is 20.9 Å². The number of hydrogen-bond donors (Lipinski definition) is 2. The molecular weight excluding hydrogens is 426 g/mol. The van der Waals surface area contributed by atoms with Gasteiger partial charge in [0.1, 0.15) is 12.3 Å². The van der Waals surface area contributed by atoms with E-state index in [1.54, 1.807) is 13.2 Å². The van der Waals surface area contributed by atoms with E-state index in [0.717, 1.165) is 11.1 Å². The van der Waals surface area contributed by atoms with E-state index >= 15 is 0 Å². The zero-order chi connectivity index (χ0) is 24.1. The number of carbonyl (C=O) groups is 1. The van der Waals surface area contributed by atoms with Gasteiger partial charge in [-0.2, -0.15) is 0 Å². The predicted molar refractivity (Wildman–Crippen MR) is 138 cm³/mol. The van der Waals surface area contributed by atoms with Crippen molar-refractivity contribution in [3.05, 3.63) is 100 Å². The first-order valence-electron chi connectivity index (χ1n) is 11.3. The Kier molecular flexibility index (Phi) is 6.97. The summed E-state index contributed by atoms with van der Waals surface area (Å²) < 4.78 is 6.87. The maximum Gasteiger partial charge on any atom is 0.256 e. The van der Waals surface area contributed by atoms with Gasteiger partial charge in [-0.1, -0.05) is 44.2 Å². The van der Waals surface area contributed by atoms with Crippen LogP contribution in [-0.4, -0.2) is 17.6 Å². The van der Waals surface area contributed by atoms with Crippen LogP contribution in [0.5, 0.6) is 5.75 Å². The molecule has 0 saturated carbocycles. The quantitative estimate of drug-likeness (QED) is 0.374. The number of rotatable bonds is 8. The molecule has 2 N–H and O–H groups in total. The third-order valence-electron chi connectivity index (χ3n) is 5.80. The van der Waals surface area contributed by atoms with Crippen molar-refractivity contribution in [2.24, 2.45) is 0 Å². The van der Waals surface area contributed by atoms with E-state index in [4.69, 9.17) is 4.74 Å². The highest BCUT2D eigenvalue weighted by atomic mass is 16.5. The highest BCUT2D eigenvalue weighted by Gasteiger charge is 2.14. The lowest BCUT2D eigenvalue weighted by atomic mass is 10.0. The maximum atomic E-state index is 13.4. The number of fused-ring (bicyclic) bond motifs is 1. The summed E-state index contributed by atoms with van der Waals surface area (Å²) in [6.45, 7) is 4.49. The fourth-order valence-corrected chi connectivity index (χ4v) is 3.87. The summed E-state index contributed by atoms with van der Waals surface area (Å²) in [6.07, 6.45) is 0. The number of ether oxygens (including phenoxy) is 1. The predicted octanol–water partition coefficient (Wildman–Crippen LogP) is 5.38. The number of carbonyl (C=O) groups excluding carboxylic acids is 1. The van der Waals surface area contributed by atoms with E-state index < -0.39 is 0 Å². The molecule has 0 aliphatic rings. The van der Waals surface area contributed by atoms with Gasteiger partial charge in [-0.3, -0.25) is 14.2 Å². The Morgan fingerprint density at radius 1 is 0.941 bits per heavy atom. The maximum absolute atomic E-state index is 13.4. The molecule has 3 aromatic carbocycles. The number of amides is 1. The standard InChI is InChI=1S/C28H29N3O3/c1-19(2)20-9-12-24(13-10-20)30-27(32)18-31-26-16-25(34-3)14-11-21(26)15-22(28(31)33)17-29-23-7-5-4-6-8-23/h4-16,19,29H,17-18H2,1-3H3,(H,30,32). The number of anilines is 2. The van der Waals surface area contributed by atoms with Crippen molar-refractivity contribution in [1.82, 2.24) is 4.57 Å². The summed E-state index contributed by atoms with van der Waals surface area (Å²) in [5.74, 6) is 0.772. The Bertz CT molecular complexity index is 1340. The molecule has 0 bridgehead atoms. The topological polar surface area (TPSA) is 72.4 Å². The van der Waals surface area contributed by atoms with E-state index in [1.165, 1.54) is 10.1 Å². The number of pyridine rings is 1. The highest BCUT2D eigenvalue weighted by molar-refractivity contribution is 5.92. The summed E-state index contributed by atoms with van der Waals surface area (Å²) in [5, 5.41) is 7.05. The molecular formula is C28H29N3O3. The lowest BCUT2D eigenvalue weighted by Crippen LogP contribution is -2.30.